The van der Waals surface area contributed by atoms with Gasteiger partial charge in [0.1, 0.15) is 5.02 Å². The molecule has 1 aliphatic carbocycles. The highest BCUT2D eigenvalue weighted by Crippen LogP contribution is 2.30. The zero-order chi connectivity index (χ0) is 15.5. The molecule has 0 aliphatic heterocycles. The molecule has 7 heteroatoms. The highest BCUT2D eigenvalue weighted by atomic mass is 35.5. The smallest absolute Gasteiger partial charge is 0.266 e. The van der Waals surface area contributed by atoms with Crippen molar-refractivity contribution in [3.05, 3.63) is 27.6 Å². The SMILES string of the molecule is CCC1CCC(CNS(=O)(=O)c2c[nH]c(=O)c(Cl)c2)CC1. The molecule has 1 heterocycles. The lowest BCUT2D eigenvalue weighted by Gasteiger charge is -2.27. The van der Waals surface area contributed by atoms with Crippen molar-refractivity contribution in [3.8, 4) is 0 Å². The molecule has 0 unspecified atom stereocenters. The third-order valence-electron chi connectivity index (χ3n) is 4.25. The maximum absolute atomic E-state index is 12.2. The van der Waals surface area contributed by atoms with Gasteiger partial charge in [0.05, 0.1) is 4.90 Å². The van der Waals surface area contributed by atoms with E-state index < -0.39 is 15.6 Å². The van der Waals surface area contributed by atoms with Crippen LogP contribution < -0.4 is 10.3 Å². The Bertz CT molecular complexity index is 634. The topological polar surface area (TPSA) is 79.0 Å². The fourth-order valence-corrected chi connectivity index (χ4v) is 4.09. The van der Waals surface area contributed by atoms with Crippen molar-refractivity contribution in [2.75, 3.05) is 6.54 Å². The van der Waals surface area contributed by atoms with Gasteiger partial charge in [0.25, 0.3) is 5.56 Å². The molecule has 0 radical (unpaired) electrons. The van der Waals surface area contributed by atoms with E-state index in [2.05, 4.69) is 16.6 Å². The summed E-state index contributed by atoms with van der Waals surface area (Å²) in [5.74, 6) is 1.18. The number of nitrogens with one attached hydrogen (secondary N) is 2. The van der Waals surface area contributed by atoms with E-state index in [1.54, 1.807) is 0 Å². The summed E-state index contributed by atoms with van der Waals surface area (Å²) < 4.78 is 27.0. The summed E-state index contributed by atoms with van der Waals surface area (Å²) in [5, 5.41) is -0.124. The summed E-state index contributed by atoms with van der Waals surface area (Å²) in [5.41, 5.74) is -0.492. The average Bonchev–Trinajstić information content (AvgIpc) is 2.48. The number of halogens is 1. The molecule has 0 bridgehead atoms. The van der Waals surface area contributed by atoms with Crippen LogP contribution in [0.1, 0.15) is 39.0 Å². The molecule has 5 nitrogen and oxygen atoms in total. The van der Waals surface area contributed by atoms with Crippen molar-refractivity contribution in [2.24, 2.45) is 11.8 Å². The number of pyridine rings is 1. The Morgan fingerprint density at radius 1 is 1.29 bits per heavy atom. The fourth-order valence-electron chi connectivity index (χ4n) is 2.75. The molecule has 0 aromatic carbocycles. The monoisotopic (exact) mass is 332 g/mol. The first kappa shape index (κ1) is 16.5. The lowest BCUT2D eigenvalue weighted by atomic mass is 9.81. The number of sulfonamides is 1. The van der Waals surface area contributed by atoms with Gasteiger partial charge in [-0.15, -0.1) is 0 Å². The minimum atomic E-state index is -3.62. The molecule has 1 aromatic heterocycles. The Morgan fingerprint density at radius 2 is 1.90 bits per heavy atom. The number of rotatable bonds is 5. The fraction of sp³-hybridized carbons (Fsp3) is 0.643. The molecule has 1 aliphatic rings. The van der Waals surface area contributed by atoms with Crippen LogP contribution in [-0.2, 0) is 10.0 Å². The van der Waals surface area contributed by atoms with E-state index in [1.165, 1.54) is 31.5 Å². The van der Waals surface area contributed by atoms with Gasteiger partial charge < -0.3 is 4.98 Å². The highest BCUT2D eigenvalue weighted by Gasteiger charge is 2.22. The van der Waals surface area contributed by atoms with Crippen LogP contribution in [0.2, 0.25) is 5.02 Å². The van der Waals surface area contributed by atoms with Crippen LogP contribution in [-0.4, -0.2) is 19.9 Å². The Kier molecular flexibility index (Phi) is 5.46. The summed E-state index contributed by atoms with van der Waals surface area (Å²) in [6.07, 6.45) is 6.85. The van der Waals surface area contributed by atoms with Crippen LogP contribution in [0.5, 0.6) is 0 Å². The van der Waals surface area contributed by atoms with Crippen molar-refractivity contribution in [1.29, 1.82) is 0 Å². The molecule has 2 rings (SSSR count). The van der Waals surface area contributed by atoms with Crippen molar-refractivity contribution in [2.45, 2.75) is 43.9 Å². The molecular weight excluding hydrogens is 312 g/mol. The molecule has 1 saturated carbocycles. The molecule has 0 saturated heterocycles. The van der Waals surface area contributed by atoms with E-state index in [0.717, 1.165) is 18.8 Å². The molecule has 2 N–H and O–H groups in total. The second-order valence-electron chi connectivity index (χ2n) is 5.66. The van der Waals surface area contributed by atoms with Gasteiger partial charge in [-0.05, 0) is 30.7 Å². The zero-order valence-electron chi connectivity index (χ0n) is 12.1. The third kappa shape index (κ3) is 4.31. The van der Waals surface area contributed by atoms with Crippen molar-refractivity contribution >= 4 is 21.6 Å². The summed E-state index contributed by atoms with van der Waals surface area (Å²) in [6.45, 7) is 2.64. The van der Waals surface area contributed by atoms with Crippen LogP contribution in [0.4, 0.5) is 0 Å². The Morgan fingerprint density at radius 3 is 2.48 bits per heavy atom. The summed E-state index contributed by atoms with van der Waals surface area (Å²) in [7, 11) is -3.62. The van der Waals surface area contributed by atoms with Crippen molar-refractivity contribution in [1.82, 2.24) is 9.71 Å². The second-order valence-corrected chi connectivity index (χ2v) is 7.83. The lowest BCUT2D eigenvalue weighted by Crippen LogP contribution is -2.31. The van der Waals surface area contributed by atoms with Gasteiger partial charge in [-0.25, -0.2) is 13.1 Å². The van der Waals surface area contributed by atoms with Gasteiger partial charge in [0.2, 0.25) is 10.0 Å². The highest BCUT2D eigenvalue weighted by molar-refractivity contribution is 7.89. The van der Waals surface area contributed by atoms with Gasteiger partial charge in [-0.3, -0.25) is 4.79 Å². The molecule has 0 atom stereocenters. The maximum atomic E-state index is 12.2. The van der Waals surface area contributed by atoms with E-state index >= 15 is 0 Å². The molecule has 1 aromatic rings. The minimum Gasteiger partial charge on any atom is -0.326 e. The Labute approximate surface area is 130 Å². The Hall–Kier alpha value is -0.850. The van der Waals surface area contributed by atoms with Crippen LogP contribution in [0.25, 0.3) is 0 Å². The predicted octanol–water partition coefficient (Wildman–Crippen LogP) is 2.52. The average molecular weight is 333 g/mol. The van der Waals surface area contributed by atoms with Crippen LogP contribution in [0.3, 0.4) is 0 Å². The lowest BCUT2D eigenvalue weighted by molar-refractivity contribution is 0.270. The van der Waals surface area contributed by atoms with Crippen molar-refractivity contribution < 1.29 is 8.42 Å². The van der Waals surface area contributed by atoms with Crippen LogP contribution >= 0.6 is 11.6 Å². The molecule has 0 spiro atoms. The summed E-state index contributed by atoms with van der Waals surface area (Å²) in [6, 6.07) is 1.18. The normalized spacial score (nSPS) is 23.1. The van der Waals surface area contributed by atoms with Gasteiger partial charge in [0, 0.05) is 12.7 Å². The van der Waals surface area contributed by atoms with Crippen LogP contribution in [0.15, 0.2) is 22.0 Å². The number of aromatic nitrogens is 1. The van der Waals surface area contributed by atoms with E-state index in [4.69, 9.17) is 11.6 Å². The summed E-state index contributed by atoms with van der Waals surface area (Å²) >= 11 is 5.66. The first-order valence-electron chi connectivity index (χ1n) is 7.30. The van der Waals surface area contributed by atoms with Crippen molar-refractivity contribution in [3.63, 3.8) is 0 Å². The summed E-state index contributed by atoms with van der Waals surface area (Å²) in [4.78, 5) is 13.5. The molecule has 0 amide bonds. The minimum absolute atomic E-state index is 0.00524. The quantitative estimate of drug-likeness (QED) is 0.869. The van der Waals surface area contributed by atoms with Gasteiger partial charge in [-0.2, -0.15) is 0 Å². The predicted molar refractivity (Wildman–Crippen MR) is 83.0 cm³/mol. The maximum Gasteiger partial charge on any atom is 0.266 e. The Balaban J connectivity index is 1.95. The third-order valence-corrected chi connectivity index (χ3v) is 5.93. The van der Waals surface area contributed by atoms with Crippen LogP contribution in [0, 0.1) is 11.8 Å². The standard InChI is InChI=1S/C14H21ClN2O3S/c1-2-10-3-5-11(6-4-10)8-17-21(19,20)12-7-13(15)14(18)16-9-12/h7,9-11,17H,2-6,8H2,1H3,(H,16,18). The van der Waals surface area contributed by atoms with Gasteiger partial charge in [0.15, 0.2) is 0 Å². The zero-order valence-corrected chi connectivity index (χ0v) is 13.6. The van der Waals surface area contributed by atoms with Gasteiger partial charge in [-0.1, -0.05) is 37.8 Å². The molecule has 21 heavy (non-hydrogen) atoms. The first-order chi connectivity index (χ1) is 9.92. The van der Waals surface area contributed by atoms with E-state index in [9.17, 15) is 13.2 Å². The number of H-pyrrole nitrogens is 1. The number of hydrogen-bond acceptors (Lipinski definition) is 3. The van der Waals surface area contributed by atoms with Gasteiger partial charge >= 0.3 is 0 Å². The van der Waals surface area contributed by atoms with E-state index in [0.29, 0.717) is 12.5 Å². The molecule has 1 fully saturated rings. The first-order valence-corrected chi connectivity index (χ1v) is 9.16. The molecular formula is C14H21ClN2O3S. The van der Waals surface area contributed by atoms with E-state index in [1.807, 2.05) is 0 Å². The largest absolute Gasteiger partial charge is 0.326 e. The number of hydrogen-bond donors (Lipinski definition) is 2. The molecule has 118 valence electrons. The second kappa shape index (κ2) is 6.94. The van der Waals surface area contributed by atoms with E-state index in [-0.39, 0.29) is 9.92 Å². The number of aromatic amines is 1.